The first kappa shape index (κ1) is 74.6. The van der Waals surface area contributed by atoms with Crippen molar-refractivity contribution < 1.29 is 24.5 Å². The molecule has 0 fully saturated rings. The summed E-state index contributed by atoms with van der Waals surface area (Å²) in [5.41, 5.74) is 0. The molecule has 452 valence electrons. The van der Waals surface area contributed by atoms with Crippen molar-refractivity contribution in [2.24, 2.45) is 0 Å². The van der Waals surface area contributed by atoms with Crippen LogP contribution in [0.1, 0.15) is 399 Å². The zero-order valence-corrected chi connectivity index (χ0v) is 51.8. The Hall–Kier alpha value is -1.40. The van der Waals surface area contributed by atoms with Crippen LogP contribution in [0.25, 0.3) is 0 Å². The van der Waals surface area contributed by atoms with Crippen LogP contribution in [-0.2, 0) is 14.3 Å². The van der Waals surface area contributed by atoms with E-state index in [0.717, 1.165) is 38.5 Å². The second kappa shape index (κ2) is 66.1. The van der Waals surface area contributed by atoms with Crippen LogP contribution in [0, 0.1) is 0 Å². The Morgan fingerprint density at radius 1 is 0.355 bits per heavy atom. The van der Waals surface area contributed by atoms with Gasteiger partial charge in [0.2, 0.25) is 5.91 Å². The van der Waals surface area contributed by atoms with E-state index in [9.17, 15) is 19.8 Å². The van der Waals surface area contributed by atoms with E-state index in [4.69, 9.17) is 4.74 Å². The fourth-order valence-electron chi connectivity index (χ4n) is 11.2. The maximum Gasteiger partial charge on any atom is 0.305 e. The van der Waals surface area contributed by atoms with Gasteiger partial charge >= 0.3 is 5.97 Å². The molecule has 2 atom stereocenters. The van der Waals surface area contributed by atoms with Crippen LogP contribution in [0.5, 0.6) is 0 Å². The van der Waals surface area contributed by atoms with E-state index in [1.807, 2.05) is 0 Å². The number of aliphatic hydroxyl groups excluding tert-OH is 2. The van der Waals surface area contributed by atoms with E-state index in [1.54, 1.807) is 0 Å². The summed E-state index contributed by atoms with van der Waals surface area (Å²) in [6, 6.07) is -0.547. The lowest BCUT2D eigenvalue weighted by atomic mass is 10.0. The minimum atomic E-state index is -0.669. The fraction of sp³-hybridized carbons (Fsp3) is 0.943. The van der Waals surface area contributed by atoms with Gasteiger partial charge in [-0.15, -0.1) is 0 Å². The SMILES string of the molecule is CCCCCCCCCCCCCCCCCCCCCCCCCC(O)C(CO)NC(=O)CCCCCCCCC/C=C\CCCCCCCCCCCCCCOC(=O)CCCCCCCCCCCCCCC. The largest absolute Gasteiger partial charge is 0.466 e. The van der Waals surface area contributed by atoms with Crippen molar-refractivity contribution in [2.45, 2.75) is 411 Å². The van der Waals surface area contributed by atoms with Crippen LogP contribution >= 0.6 is 0 Å². The summed E-state index contributed by atoms with van der Waals surface area (Å²) in [5, 5.41) is 23.4. The van der Waals surface area contributed by atoms with Crippen molar-refractivity contribution in [2.75, 3.05) is 13.2 Å². The quantitative estimate of drug-likeness (QED) is 0.0320. The summed E-state index contributed by atoms with van der Waals surface area (Å²) in [6.07, 6.45) is 81.1. The predicted molar refractivity (Wildman–Crippen MR) is 333 cm³/mol. The minimum absolute atomic E-state index is 0.0142. The standard InChI is InChI=1S/C70H137NO5/c1-3-5-7-9-11-13-15-17-18-19-20-21-23-26-29-32-35-39-42-46-50-54-58-62-68(73)67(66-72)71-69(74)63-59-55-51-47-43-40-36-33-30-27-24-22-25-28-31-34-37-41-45-49-53-57-61-65-76-70(75)64-60-56-52-48-44-38-16-14-12-10-8-6-4-2/h27,30,67-68,72-73H,3-26,28-29,31-66H2,1-2H3,(H,71,74)/b30-27-. The molecule has 76 heavy (non-hydrogen) atoms. The molecule has 6 heteroatoms. The van der Waals surface area contributed by atoms with Gasteiger partial charge in [0.15, 0.2) is 0 Å². The highest BCUT2D eigenvalue weighted by Gasteiger charge is 2.20. The number of rotatable bonds is 66. The van der Waals surface area contributed by atoms with Gasteiger partial charge in [-0.05, 0) is 51.4 Å². The predicted octanol–water partition coefficient (Wildman–Crippen LogP) is 22.4. The molecular formula is C70H137NO5. The van der Waals surface area contributed by atoms with Crippen LogP contribution < -0.4 is 5.32 Å². The van der Waals surface area contributed by atoms with Crippen molar-refractivity contribution >= 4 is 11.9 Å². The van der Waals surface area contributed by atoms with Crippen LogP contribution in [0.3, 0.4) is 0 Å². The Bertz CT molecular complexity index is 1140. The van der Waals surface area contributed by atoms with Gasteiger partial charge in [-0.25, -0.2) is 0 Å². The molecular weight excluding hydrogens is 935 g/mol. The molecule has 3 N–H and O–H groups in total. The number of allylic oxidation sites excluding steroid dienone is 2. The number of carbonyl (C=O) groups excluding carboxylic acids is 2. The summed E-state index contributed by atoms with van der Waals surface area (Å²) in [6.45, 7) is 4.99. The molecule has 0 aliphatic heterocycles. The number of unbranched alkanes of at least 4 members (excludes halogenated alkanes) is 53. The topological polar surface area (TPSA) is 95.9 Å². The zero-order valence-electron chi connectivity index (χ0n) is 51.8. The number of hydrogen-bond donors (Lipinski definition) is 3. The van der Waals surface area contributed by atoms with E-state index in [1.165, 1.54) is 327 Å². The highest BCUT2D eigenvalue weighted by atomic mass is 16.5. The lowest BCUT2D eigenvalue weighted by Crippen LogP contribution is -2.45. The number of amides is 1. The highest BCUT2D eigenvalue weighted by Crippen LogP contribution is 2.19. The molecule has 0 radical (unpaired) electrons. The Morgan fingerprint density at radius 3 is 0.934 bits per heavy atom. The van der Waals surface area contributed by atoms with Crippen LogP contribution in [0.4, 0.5) is 0 Å². The maximum atomic E-state index is 12.5. The number of carbonyl (C=O) groups is 2. The van der Waals surface area contributed by atoms with Crippen LogP contribution in [-0.4, -0.2) is 47.4 Å². The second-order valence-electron chi connectivity index (χ2n) is 24.2. The maximum absolute atomic E-state index is 12.5. The smallest absolute Gasteiger partial charge is 0.305 e. The van der Waals surface area contributed by atoms with Gasteiger partial charge in [-0.2, -0.15) is 0 Å². The summed E-state index contributed by atoms with van der Waals surface area (Å²) in [7, 11) is 0. The van der Waals surface area contributed by atoms with Crippen molar-refractivity contribution in [3.63, 3.8) is 0 Å². The fourth-order valence-corrected chi connectivity index (χ4v) is 11.2. The lowest BCUT2D eigenvalue weighted by Gasteiger charge is -2.22. The molecule has 0 aromatic heterocycles. The van der Waals surface area contributed by atoms with E-state index < -0.39 is 12.1 Å². The van der Waals surface area contributed by atoms with Gasteiger partial charge in [0.05, 0.1) is 25.4 Å². The second-order valence-corrected chi connectivity index (χ2v) is 24.2. The summed E-state index contributed by atoms with van der Waals surface area (Å²) in [5.74, 6) is -0.0220. The average Bonchev–Trinajstić information content (AvgIpc) is 3.42. The molecule has 0 rings (SSSR count). The van der Waals surface area contributed by atoms with Crippen molar-refractivity contribution in [1.29, 1.82) is 0 Å². The molecule has 0 spiro atoms. The first-order valence-corrected chi connectivity index (χ1v) is 34.9. The number of aliphatic hydroxyl groups is 2. The van der Waals surface area contributed by atoms with Crippen molar-refractivity contribution in [3.05, 3.63) is 12.2 Å². The van der Waals surface area contributed by atoms with Gasteiger partial charge in [0.25, 0.3) is 0 Å². The van der Waals surface area contributed by atoms with Gasteiger partial charge in [-0.1, -0.05) is 347 Å². The molecule has 1 amide bonds. The van der Waals surface area contributed by atoms with Crippen LogP contribution in [0.2, 0.25) is 0 Å². The molecule has 6 nitrogen and oxygen atoms in total. The highest BCUT2D eigenvalue weighted by molar-refractivity contribution is 5.76. The lowest BCUT2D eigenvalue weighted by molar-refractivity contribution is -0.143. The Morgan fingerprint density at radius 2 is 0.618 bits per heavy atom. The third-order valence-electron chi connectivity index (χ3n) is 16.6. The van der Waals surface area contributed by atoms with Crippen molar-refractivity contribution in [3.8, 4) is 0 Å². The molecule has 0 saturated carbocycles. The number of hydrogen-bond acceptors (Lipinski definition) is 5. The van der Waals surface area contributed by atoms with Gasteiger partial charge in [-0.3, -0.25) is 9.59 Å². The van der Waals surface area contributed by atoms with E-state index in [0.29, 0.717) is 25.9 Å². The van der Waals surface area contributed by atoms with Gasteiger partial charge in [0.1, 0.15) is 0 Å². The van der Waals surface area contributed by atoms with Gasteiger partial charge in [0, 0.05) is 12.8 Å². The number of esters is 1. The number of ether oxygens (including phenoxy) is 1. The molecule has 0 aromatic carbocycles. The van der Waals surface area contributed by atoms with Gasteiger partial charge < -0.3 is 20.3 Å². The molecule has 0 bridgehead atoms. The Balaban J connectivity index is 3.40. The van der Waals surface area contributed by atoms with Crippen LogP contribution in [0.15, 0.2) is 12.2 Å². The third-order valence-corrected chi connectivity index (χ3v) is 16.6. The summed E-state index contributed by atoms with van der Waals surface area (Å²) in [4.78, 5) is 24.6. The van der Waals surface area contributed by atoms with E-state index >= 15 is 0 Å². The monoisotopic (exact) mass is 1070 g/mol. The first-order valence-electron chi connectivity index (χ1n) is 34.9. The minimum Gasteiger partial charge on any atom is -0.466 e. The Labute approximate surface area is 476 Å². The molecule has 0 aromatic rings. The average molecular weight is 1070 g/mol. The molecule has 0 saturated heterocycles. The molecule has 0 heterocycles. The van der Waals surface area contributed by atoms with Crippen molar-refractivity contribution in [1.82, 2.24) is 5.32 Å². The zero-order chi connectivity index (χ0) is 55.0. The summed E-state index contributed by atoms with van der Waals surface area (Å²) >= 11 is 0. The number of nitrogens with one attached hydrogen (secondary N) is 1. The molecule has 0 aliphatic rings. The normalized spacial score (nSPS) is 12.5. The molecule has 2 unspecified atom stereocenters. The summed E-state index contributed by atoms with van der Waals surface area (Å²) < 4.78 is 5.48. The van der Waals surface area contributed by atoms with E-state index in [-0.39, 0.29) is 18.5 Å². The first-order chi connectivity index (χ1) is 37.5. The van der Waals surface area contributed by atoms with E-state index in [2.05, 4.69) is 31.3 Å². The third kappa shape index (κ3) is 61.8. The molecule has 0 aliphatic carbocycles. The Kier molecular flexibility index (Phi) is 64.9.